The number of fused-ring (bicyclic) bond motifs is 1. The summed E-state index contributed by atoms with van der Waals surface area (Å²) in [7, 11) is 0. The molecule has 0 bridgehead atoms. The van der Waals surface area contributed by atoms with Crippen molar-refractivity contribution in [2.75, 3.05) is 0 Å². The number of imidazole rings is 1. The molecule has 1 heterocycles. The fourth-order valence-electron chi connectivity index (χ4n) is 3.14. The summed E-state index contributed by atoms with van der Waals surface area (Å²) < 4.78 is 3.61. The minimum atomic E-state index is -0.0232. The lowest BCUT2D eigenvalue weighted by Gasteiger charge is -2.05. The number of aromatic nitrogens is 2. The highest BCUT2D eigenvalue weighted by molar-refractivity contribution is 6.31. The number of nitrogens with zero attached hydrogens (tertiary/aromatic N) is 2. The van der Waals surface area contributed by atoms with Gasteiger partial charge in [-0.05, 0) is 29.3 Å². The number of rotatable bonds is 4. The van der Waals surface area contributed by atoms with E-state index in [1.54, 1.807) is 4.57 Å². The molecule has 0 fully saturated rings. The van der Waals surface area contributed by atoms with Gasteiger partial charge in [-0.2, -0.15) is 0 Å². The van der Waals surface area contributed by atoms with Crippen molar-refractivity contribution < 1.29 is 0 Å². The van der Waals surface area contributed by atoms with Crippen LogP contribution in [0.4, 0.5) is 0 Å². The van der Waals surface area contributed by atoms with E-state index >= 15 is 0 Å². The molecule has 0 saturated carbocycles. The van der Waals surface area contributed by atoms with Gasteiger partial charge in [0.05, 0.1) is 24.1 Å². The summed E-state index contributed by atoms with van der Waals surface area (Å²) in [5.74, 6) is 0. The zero-order chi connectivity index (χ0) is 17.2. The van der Waals surface area contributed by atoms with Gasteiger partial charge in [0, 0.05) is 5.02 Å². The molecular weight excluding hydrogens is 332 g/mol. The van der Waals surface area contributed by atoms with E-state index in [9.17, 15) is 4.79 Å². The molecule has 4 rings (SSSR count). The molecule has 4 heteroatoms. The van der Waals surface area contributed by atoms with Crippen molar-refractivity contribution >= 4 is 22.6 Å². The standard InChI is InChI=1S/C21H17ClN2O/c22-18-11-5-4-10-17(18)15-24-20-13-7-6-12-19(20)23(21(24)25)14-16-8-2-1-3-9-16/h1-13H,14-15H2. The van der Waals surface area contributed by atoms with Crippen LogP contribution in [-0.4, -0.2) is 9.13 Å². The van der Waals surface area contributed by atoms with Crippen LogP contribution in [-0.2, 0) is 13.1 Å². The molecule has 0 aliphatic carbocycles. The number of hydrogen-bond acceptors (Lipinski definition) is 1. The lowest BCUT2D eigenvalue weighted by molar-refractivity contribution is 0.701. The first-order chi connectivity index (χ1) is 12.2. The molecule has 0 saturated heterocycles. The lowest BCUT2D eigenvalue weighted by atomic mass is 10.2. The summed E-state index contributed by atoms with van der Waals surface area (Å²) in [5, 5.41) is 0.675. The Kier molecular flexibility index (Phi) is 4.16. The first-order valence-electron chi connectivity index (χ1n) is 8.19. The number of para-hydroxylation sites is 2. The van der Waals surface area contributed by atoms with Crippen molar-refractivity contribution in [2.45, 2.75) is 13.1 Å². The minimum absolute atomic E-state index is 0.0232. The number of hydrogen-bond donors (Lipinski definition) is 0. The zero-order valence-corrected chi connectivity index (χ0v) is 14.4. The predicted octanol–water partition coefficient (Wildman–Crippen LogP) is 4.55. The van der Waals surface area contributed by atoms with Crippen LogP contribution in [0.3, 0.4) is 0 Å². The first-order valence-corrected chi connectivity index (χ1v) is 8.57. The van der Waals surface area contributed by atoms with Crippen LogP contribution in [0, 0.1) is 0 Å². The third kappa shape index (κ3) is 2.99. The second-order valence-electron chi connectivity index (χ2n) is 6.02. The third-order valence-electron chi connectivity index (χ3n) is 4.39. The Labute approximate surface area is 150 Å². The van der Waals surface area contributed by atoms with E-state index in [2.05, 4.69) is 0 Å². The highest BCUT2D eigenvalue weighted by atomic mass is 35.5. The summed E-state index contributed by atoms with van der Waals surface area (Å²) in [6.07, 6.45) is 0. The van der Waals surface area contributed by atoms with Gasteiger partial charge in [0.2, 0.25) is 0 Å². The SMILES string of the molecule is O=c1n(Cc2ccccc2)c2ccccc2n1Cc1ccccc1Cl. The highest BCUT2D eigenvalue weighted by Crippen LogP contribution is 2.19. The Morgan fingerprint density at radius 1 is 0.680 bits per heavy atom. The quantitative estimate of drug-likeness (QED) is 0.531. The number of benzene rings is 3. The van der Waals surface area contributed by atoms with Crippen LogP contribution < -0.4 is 5.69 Å². The molecular formula is C21H17ClN2O. The van der Waals surface area contributed by atoms with Crippen molar-refractivity contribution in [1.82, 2.24) is 9.13 Å². The molecule has 0 aliphatic heterocycles. The van der Waals surface area contributed by atoms with Gasteiger partial charge in [-0.15, -0.1) is 0 Å². The fourth-order valence-corrected chi connectivity index (χ4v) is 3.34. The lowest BCUT2D eigenvalue weighted by Crippen LogP contribution is -2.25. The molecule has 0 unspecified atom stereocenters. The van der Waals surface area contributed by atoms with E-state index in [0.29, 0.717) is 18.1 Å². The molecule has 4 aromatic rings. The van der Waals surface area contributed by atoms with E-state index in [0.717, 1.165) is 22.2 Å². The van der Waals surface area contributed by atoms with Crippen LogP contribution in [0.5, 0.6) is 0 Å². The van der Waals surface area contributed by atoms with Crippen molar-refractivity contribution in [3.8, 4) is 0 Å². The summed E-state index contributed by atoms with van der Waals surface area (Å²) >= 11 is 6.29. The summed E-state index contributed by atoms with van der Waals surface area (Å²) in [4.78, 5) is 13.1. The molecule has 25 heavy (non-hydrogen) atoms. The van der Waals surface area contributed by atoms with Crippen LogP contribution in [0.1, 0.15) is 11.1 Å². The Morgan fingerprint density at radius 3 is 1.92 bits per heavy atom. The van der Waals surface area contributed by atoms with Gasteiger partial charge < -0.3 is 0 Å². The van der Waals surface area contributed by atoms with Crippen LogP contribution in [0.15, 0.2) is 83.7 Å². The van der Waals surface area contributed by atoms with E-state index < -0.39 is 0 Å². The maximum Gasteiger partial charge on any atom is 0.329 e. The van der Waals surface area contributed by atoms with E-state index in [-0.39, 0.29) is 5.69 Å². The predicted molar refractivity (Wildman–Crippen MR) is 102 cm³/mol. The van der Waals surface area contributed by atoms with E-state index in [1.165, 1.54) is 0 Å². The number of halogens is 1. The molecule has 124 valence electrons. The van der Waals surface area contributed by atoms with Crippen molar-refractivity contribution in [3.05, 3.63) is 105 Å². The first kappa shape index (κ1) is 15.7. The summed E-state index contributed by atoms with van der Waals surface area (Å²) in [6, 6.07) is 25.6. The van der Waals surface area contributed by atoms with Crippen LogP contribution in [0.25, 0.3) is 11.0 Å². The van der Waals surface area contributed by atoms with Crippen molar-refractivity contribution in [3.63, 3.8) is 0 Å². The van der Waals surface area contributed by atoms with Gasteiger partial charge in [0.25, 0.3) is 0 Å². The topological polar surface area (TPSA) is 26.9 Å². The average Bonchev–Trinajstić information content (AvgIpc) is 2.90. The smallest absolute Gasteiger partial charge is 0.287 e. The monoisotopic (exact) mass is 348 g/mol. The minimum Gasteiger partial charge on any atom is -0.287 e. The van der Waals surface area contributed by atoms with Gasteiger partial charge in [-0.3, -0.25) is 9.13 Å². The van der Waals surface area contributed by atoms with Gasteiger partial charge in [0.15, 0.2) is 0 Å². The summed E-state index contributed by atoms with van der Waals surface area (Å²) in [6.45, 7) is 1.01. The maximum atomic E-state index is 13.1. The van der Waals surface area contributed by atoms with Gasteiger partial charge >= 0.3 is 5.69 Å². The molecule has 0 aliphatic rings. The van der Waals surface area contributed by atoms with Gasteiger partial charge in [0.1, 0.15) is 0 Å². The Hall–Kier alpha value is -2.78. The Balaban J connectivity index is 1.84. The largest absolute Gasteiger partial charge is 0.329 e. The van der Waals surface area contributed by atoms with E-state index in [1.807, 2.05) is 83.4 Å². The third-order valence-corrected chi connectivity index (χ3v) is 4.76. The zero-order valence-electron chi connectivity index (χ0n) is 13.6. The average molecular weight is 349 g/mol. The molecule has 3 aromatic carbocycles. The maximum absolute atomic E-state index is 13.1. The second-order valence-corrected chi connectivity index (χ2v) is 6.43. The van der Waals surface area contributed by atoms with Crippen molar-refractivity contribution in [2.24, 2.45) is 0 Å². The van der Waals surface area contributed by atoms with Gasteiger partial charge in [-0.25, -0.2) is 4.79 Å². The fraction of sp³-hybridized carbons (Fsp3) is 0.0952. The van der Waals surface area contributed by atoms with E-state index in [4.69, 9.17) is 11.6 Å². The van der Waals surface area contributed by atoms with Crippen LogP contribution >= 0.6 is 11.6 Å². The van der Waals surface area contributed by atoms with Crippen molar-refractivity contribution in [1.29, 1.82) is 0 Å². The highest BCUT2D eigenvalue weighted by Gasteiger charge is 2.14. The molecule has 0 N–H and O–H groups in total. The molecule has 1 aromatic heterocycles. The normalized spacial score (nSPS) is 11.1. The molecule has 0 spiro atoms. The molecule has 0 amide bonds. The Bertz CT molecular complexity index is 1080. The molecule has 3 nitrogen and oxygen atoms in total. The second kappa shape index (κ2) is 6.61. The summed E-state index contributed by atoms with van der Waals surface area (Å²) in [5.41, 5.74) is 3.87. The Morgan fingerprint density at radius 2 is 1.24 bits per heavy atom. The molecule has 0 atom stereocenters. The van der Waals surface area contributed by atoms with Gasteiger partial charge in [-0.1, -0.05) is 72.3 Å². The van der Waals surface area contributed by atoms with Crippen LogP contribution in [0.2, 0.25) is 5.02 Å². The molecule has 0 radical (unpaired) electrons.